The van der Waals surface area contributed by atoms with Crippen LogP contribution >= 0.6 is 0 Å². The van der Waals surface area contributed by atoms with Crippen molar-refractivity contribution in [2.24, 2.45) is 5.92 Å². The van der Waals surface area contributed by atoms with Crippen LogP contribution in [-0.4, -0.2) is 22.6 Å². The predicted octanol–water partition coefficient (Wildman–Crippen LogP) is 16.3. The fraction of sp³-hybridized carbons (Fsp3) is 0.213. The van der Waals surface area contributed by atoms with E-state index in [1.165, 1.54) is 44.3 Å². The Balaban J connectivity index is 0.000000244. The first-order chi connectivity index (χ1) is 31.9. The van der Waals surface area contributed by atoms with Crippen molar-refractivity contribution in [3.05, 3.63) is 193 Å². The van der Waals surface area contributed by atoms with Gasteiger partial charge in [-0.1, -0.05) is 169 Å². The minimum absolute atomic E-state index is 0. The maximum absolute atomic E-state index is 6.73. The third-order valence-corrected chi connectivity index (χ3v) is 14.5. The smallest absolute Gasteiger partial charge is 0.121 e. The minimum Gasteiger partial charge on any atom is -0.501 e. The summed E-state index contributed by atoms with van der Waals surface area (Å²) < 4.78 is 9.10. The zero-order valence-corrected chi connectivity index (χ0v) is 43.5. The molecule has 0 aliphatic heterocycles. The van der Waals surface area contributed by atoms with E-state index in [0.717, 1.165) is 67.6 Å². The van der Waals surface area contributed by atoms with Crippen LogP contribution in [0, 0.1) is 18.1 Å². The molecule has 0 saturated carbocycles. The topological polar surface area (TPSA) is 43.9 Å². The van der Waals surface area contributed by atoms with Crippen molar-refractivity contribution in [2.45, 2.75) is 79.4 Å². The Morgan fingerprint density at radius 3 is 1.88 bits per heavy atom. The number of imidazole rings is 1. The summed E-state index contributed by atoms with van der Waals surface area (Å²) in [6.07, 6.45) is 3.24. The van der Waals surface area contributed by atoms with E-state index in [1.807, 2.05) is 30.3 Å². The molecule has 4 nitrogen and oxygen atoms in total. The minimum atomic E-state index is -1.34. The molecule has 0 atom stereocenters. The average molecular weight is 1070 g/mol. The van der Waals surface area contributed by atoms with Crippen molar-refractivity contribution in [3.8, 4) is 50.6 Å². The molecule has 7 aromatic carbocycles. The summed E-state index contributed by atoms with van der Waals surface area (Å²) in [7, 11) is -1.34. The summed E-state index contributed by atoms with van der Waals surface area (Å²) in [5.74, 6) is 2.07. The van der Waals surface area contributed by atoms with Crippen molar-refractivity contribution in [1.82, 2.24) is 14.5 Å². The van der Waals surface area contributed by atoms with Crippen LogP contribution in [0.1, 0.15) is 70.1 Å². The van der Waals surface area contributed by atoms with E-state index in [1.54, 1.807) is 0 Å². The van der Waals surface area contributed by atoms with Crippen LogP contribution in [0.4, 0.5) is 0 Å². The molecule has 10 aromatic rings. The monoisotopic (exact) mass is 1070 g/mol. The molecule has 0 aliphatic rings. The molecule has 0 spiro atoms. The Morgan fingerprint density at radius 2 is 1.25 bits per heavy atom. The van der Waals surface area contributed by atoms with Crippen LogP contribution in [0.3, 0.4) is 0 Å². The van der Waals surface area contributed by atoms with E-state index in [4.69, 9.17) is 9.40 Å². The van der Waals surface area contributed by atoms with Gasteiger partial charge in [0.05, 0.1) is 30.5 Å². The van der Waals surface area contributed by atoms with Gasteiger partial charge in [0.25, 0.3) is 0 Å². The van der Waals surface area contributed by atoms with E-state index in [-0.39, 0.29) is 31.9 Å². The second-order valence-electron chi connectivity index (χ2n) is 19.6. The number of para-hydroxylation sites is 2. The first kappa shape index (κ1) is 47.3. The van der Waals surface area contributed by atoms with Crippen molar-refractivity contribution in [2.75, 3.05) is 0 Å². The fourth-order valence-electron chi connectivity index (χ4n) is 9.23. The molecule has 1 radical (unpaired) electrons. The van der Waals surface area contributed by atoms with Crippen LogP contribution in [-0.2, 0) is 26.5 Å². The Morgan fingerprint density at radius 1 is 0.612 bits per heavy atom. The number of aromatic nitrogens is 3. The van der Waals surface area contributed by atoms with Gasteiger partial charge in [-0.2, -0.15) is 0 Å². The zero-order valence-electron chi connectivity index (χ0n) is 40.1. The number of hydrogen-bond donors (Lipinski definition) is 0. The summed E-state index contributed by atoms with van der Waals surface area (Å²) in [6.45, 7) is 20.9. The van der Waals surface area contributed by atoms with Gasteiger partial charge in [0.1, 0.15) is 5.58 Å². The number of hydrogen-bond acceptors (Lipinski definition) is 3. The molecule has 10 rings (SSSR count). The normalized spacial score (nSPS) is 11.7. The van der Waals surface area contributed by atoms with E-state index in [9.17, 15) is 0 Å². The van der Waals surface area contributed by atoms with Gasteiger partial charge < -0.3 is 14.0 Å². The molecule has 67 heavy (non-hydrogen) atoms. The summed E-state index contributed by atoms with van der Waals surface area (Å²) in [4.78, 5) is 9.98. The second kappa shape index (κ2) is 20.0. The van der Waals surface area contributed by atoms with Crippen molar-refractivity contribution in [1.29, 1.82) is 0 Å². The van der Waals surface area contributed by atoms with Gasteiger partial charge in [-0.15, -0.1) is 54.1 Å². The van der Waals surface area contributed by atoms with Crippen LogP contribution < -0.4 is 5.19 Å². The van der Waals surface area contributed by atoms with Gasteiger partial charge in [-0.25, -0.2) is 0 Å². The second-order valence-corrected chi connectivity index (χ2v) is 24.6. The molecule has 0 aliphatic carbocycles. The summed E-state index contributed by atoms with van der Waals surface area (Å²) >= 11 is 0. The first-order valence-corrected chi connectivity index (χ1v) is 27.0. The molecule has 0 amide bonds. The summed E-state index contributed by atoms with van der Waals surface area (Å²) in [5.41, 5.74) is 16.7. The Labute approximate surface area is 411 Å². The Hall–Kier alpha value is -6.17. The first-order valence-electron chi connectivity index (χ1n) is 23.5. The quantitative estimate of drug-likeness (QED) is 0.101. The number of rotatable bonds is 10. The summed E-state index contributed by atoms with van der Waals surface area (Å²) in [5, 5.41) is 3.64. The van der Waals surface area contributed by atoms with E-state index < -0.39 is 8.07 Å². The molecule has 3 aromatic heterocycles. The van der Waals surface area contributed by atoms with Crippen molar-refractivity contribution >= 4 is 46.2 Å². The van der Waals surface area contributed by atoms with Gasteiger partial charge in [0.15, 0.2) is 0 Å². The number of pyridine rings is 1. The number of nitrogens with zero attached hydrogens (tertiary/aromatic N) is 3. The largest absolute Gasteiger partial charge is 0.501 e. The molecule has 0 unspecified atom stereocenters. The van der Waals surface area contributed by atoms with Gasteiger partial charge in [0.2, 0.25) is 0 Å². The molecule has 3 heterocycles. The van der Waals surface area contributed by atoms with Gasteiger partial charge >= 0.3 is 0 Å². The van der Waals surface area contributed by atoms with Crippen LogP contribution in [0.15, 0.2) is 168 Å². The van der Waals surface area contributed by atoms with Crippen molar-refractivity contribution in [3.63, 3.8) is 0 Å². The number of furan rings is 1. The molecule has 6 heteroatoms. The molecule has 0 N–H and O–H groups in total. The SMILES string of the molecule is CC(C)Cc1cc(-c2[c-]cccc2)ncc1[Si](C)(C)C.CC(C)c1cc(-c2ccccc2)cc(C(C)C)c1-n1c(-c2[c-]ccc3c2oc2cc(-c4ccccc4)ccc23)nc2ccccc21.[Ir]. The van der Waals surface area contributed by atoms with E-state index >= 15 is 0 Å². The molecule has 0 saturated heterocycles. The van der Waals surface area contributed by atoms with Crippen LogP contribution in [0.25, 0.3) is 83.6 Å². The molecule has 0 fully saturated rings. The zero-order chi connectivity index (χ0) is 46.1. The third kappa shape index (κ3) is 9.81. The molecular weight excluding hydrogens is 1010 g/mol. The van der Waals surface area contributed by atoms with Crippen molar-refractivity contribution < 1.29 is 24.5 Å². The Kier molecular flexibility index (Phi) is 14.1. The number of benzene rings is 7. The van der Waals surface area contributed by atoms with Gasteiger partial charge in [-0.3, -0.25) is 4.98 Å². The van der Waals surface area contributed by atoms with E-state index in [0.29, 0.717) is 5.92 Å². The molecule has 339 valence electrons. The fourth-order valence-corrected chi connectivity index (χ4v) is 10.8. The van der Waals surface area contributed by atoms with Gasteiger partial charge in [0, 0.05) is 37.4 Å². The molecular formula is C61H59IrN3OSi-2. The molecule has 0 bridgehead atoms. The average Bonchev–Trinajstić information content (AvgIpc) is 3.90. The van der Waals surface area contributed by atoms with Crippen LogP contribution in [0.2, 0.25) is 19.6 Å². The summed E-state index contributed by atoms with van der Waals surface area (Å²) in [6, 6.07) is 62.1. The third-order valence-electron chi connectivity index (χ3n) is 12.5. The predicted molar refractivity (Wildman–Crippen MR) is 282 cm³/mol. The standard InChI is InChI=1S/C43H35N2O.C18H24NSi.Ir/c1-27(2)36-24-32(30-16-9-6-10-17-30)25-37(28(3)4)41(36)45-39-21-12-11-20-38(39)44-43(45)35-19-13-18-34-33-23-22-31(26-40(33)46-42(34)35)29-14-7-5-8-15-29;1-14(2)11-16-12-17(15-9-7-6-8-10-15)19-13-18(16)20(3,4)5;/h5-18,20-28H,1-4H3;6-9,12-14H,11H2,1-5H3;/q2*-1;. The maximum Gasteiger partial charge on any atom is 0.121 e. The van der Waals surface area contributed by atoms with Gasteiger partial charge in [-0.05, 0) is 98.8 Å². The van der Waals surface area contributed by atoms with E-state index in [2.05, 4.69) is 216 Å². The Bertz CT molecular complexity index is 3260. The number of fused-ring (bicyclic) bond motifs is 4. The van der Waals surface area contributed by atoms with Crippen LogP contribution in [0.5, 0.6) is 0 Å². The maximum atomic E-state index is 6.73.